The average molecular weight is 259 g/mol. The SMILES string of the molecule is Cc1ccc(Nc2ccccc2)c(-c2ccccc2)c1. The van der Waals surface area contributed by atoms with Crippen LogP contribution in [0.2, 0.25) is 0 Å². The van der Waals surface area contributed by atoms with Gasteiger partial charge in [-0.1, -0.05) is 60.2 Å². The molecule has 0 amide bonds. The van der Waals surface area contributed by atoms with E-state index in [0.717, 1.165) is 11.4 Å². The van der Waals surface area contributed by atoms with E-state index in [1.807, 2.05) is 24.3 Å². The molecule has 0 fully saturated rings. The fourth-order valence-corrected chi connectivity index (χ4v) is 2.30. The van der Waals surface area contributed by atoms with E-state index >= 15 is 0 Å². The molecule has 0 radical (unpaired) electrons. The van der Waals surface area contributed by atoms with Gasteiger partial charge in [-0.15, -0.1) is 0 Å². The molecule has 0 saturated carbocycles. The van der Waals surface area contributed by atoms with E-state index in [1.54, 1.807) is 0 Å². The van der Waals surface area contributed by atoms with E-state index in [9.17, 15) is 0 Å². The van der Waals surface area contributed by atoms with Crippen LogP contribution >= 0.6 is 0 Å². The van der Waals surface area contributed by atoms with Gasteiger partial charge >= 0.3 is 0 Å². The van der Waals surface area contributed by atoms with Gasteiger partial charge in [-0.3, -0.25) is 0 Å². The van der Waals surface area contributed by atoms with Gasteiger partial charge < -0.3 is 5.32 Å². The summed E-state index contributed by atoms with van der Waals surface area (Å²) in [5.74, 6) is 0. The Hall–Kier alpha value is -2.54. The molecule has 0 aliphatic heterocycles. The second-order valence-corrected chi connectivity index (χ2v) is 4.91. The van der Waals surface area contributed by atoms with Crippen LogP contribution in [0, 0.1) is 6.92 Å². The summed E-state index contributed by atoms with van der Waals surface area (Å²) in [4.78, 5) is 0. The Labute approximate surface area is 119 Å². The van der Waals surface area contributed by atoms with E-state index in [1.165, 1.54) is 16.7 Å². The first-order chi connectivity index (χ1) is 9.83. The fourth-order valence-electron chi connectivity index (χ4n) is 2.30. The van der Waals surface area contributed by atoms with Gasteiger partial charge in [-0.2, -0.15) is 0 Å². The Morgan fingerprint density at radius 1 is 0.700 bits per heavy atom. The third-order valence-corrected chi connectivity index (χ3v) is 3.31. The maximum absolute atomic E-state index is 3.50. The molecule has 0 atom stereocenters. The standard InChI is InChI=1S/C19H17N/c1-15-12-13-19(20-17-10-6-3-7-11-17)18(14-15)16-8-4-2-5-9-16/h2-14,20H,1H3. The molecule has 0 spiro atoms. The summed E-state index contributed by atoms with van der Waals surface area (Å²) >= 11 is 0. The van der Waals surface area contributed by atoms with Crippen LogP contribution in [0.1, 0.15) is 5.56 Å². The van der Waals surface area contributed by atoms with Crippen molar-refractivity contribution in [3.05, 3.63) is 84.4 Å². The second-order valence-electron chi connectivity index (χ2n) is 4.91. The quantitative estimate of drug-likeness (QED) is 0.663. The van der Waals surface area contributed by atoms with Gasteiger partial charge in [0, 0.05) is 16.9 Å². The van der Waals surface area contributed by atoms with Crippen molar-refractivity contribution in [1.82, 2.24) is 0 Å². The van der Waals surface area contributed by atoms with E-state index in [4.69, 9.17) is 0 Å². The molecule has 0 aromatic heterocycles. The summed E-state index contributed by atoms with van der Waals surface area (Å²) in [7, 11) is 0. The van der Waals surface area contributed by atoms with E-state index in [2.05, 4.69) is 66.8 Å². The first-order valence-corrected chi connectivity index (χ1v) is 6.81. The smallest absolute Gasteiger partial charge is 0.0464 e. The highest BCUT2D eigenvalue weighted by atomic mass is 14.9. The maximum Gasteiger partial charge on any atom is 0.0464 e. The molecule has 1 N–H and O–H groups in total. The van der Waals surface area contributed by atoms with Crippen molar-refractivity contribution < 1.29 is 0 Å². The molecule has 1 heteroatoms. The lowest BCUT2D eigenvalue weighted by molar-refractivity contribution is 1.45. The van der Waals surface area contributed by atoms with Gasteiger partial charge in [0.25, 0.3) is 0 Å². The number of anilines is 2. The molecule has 0 unspecified atom stereocenters. The summed E-state index contributed by atoms with van der Waals surface area (Å²) in [6.07, 6.45) is 0. The van der Waals surface area contributed by atoms with Gasteiger partial charge in [0.05, 0.1) is 0 Å². The maximum atomic E-state index is 3.50. The predicted molar refractivity (Wildman–Crippen MR) is 86.3 cm³/mol. The lowest BCUT2D eigenvalue weighted by Gasteiger charge is -2.13. The summed E-state index contributed by atoms with van der Waals surface area (Å²) in [5.41, 5.74) is 5.97. The lowest BCUT2D eigenvalue weighted by atomic mass is 10.0. The number of rotatable bonds is 3. The molecule has 0 aliphatic rings. The number of nitrogens with one attached hydrogen (secondary N) is 1. The van der Waals surface area contributed by atoms with Gasteiger partial charge in [0.2, 0.25) is 0 Å². The molecular formula is C19H17N. The zero-order valence-corrected chi connectivity index (χ0v) is 11.5. The zero-order valence-electron chi connectivity index (χ0n) is 11.5. The summed E-state index contributed by atoms with van der Waals surface area (Å²) in [6, 6.07) is 27.2. The van der Waals surface area contributed by atoms with Gasteiger partial charge in [-0.05, 0) is 36.8 Å². The molecule has 3 rings (SSSR count). The minimum atomic E-state index is 1.11. The van der Waals surface area contributed by atoms with Crippen LogP contribution < -0.4 is 5.32 Å². The topological polar surface area (TPSA) is 12.0 Å². The fraction of sp³-hybridized carbons (Fsp3) is 0.0526. The number of hydrogen-bond acceptors (Lipinski definition) is 1. The van der Waals surface area contributed by atoms with Crippen LogP contribution in [-0.4, -0.2) is 0 Å². The van der Waals surface area contributed by atoms with Crippen LogP contribution in [0.4, 0.5) is 11.4 Å². The molecule has 3 aromatic rings. The Bertz CT molecular complexity index is 687. The van der Waals surface area contributed by atoms with Crippen molar-refractivity contribution in [3.8, 4) is 11.1 Å². The van der Waals surface area contributed by atoms with Crippen molar-refractivity contribution in [2.24, 2.45) is 0 Å². The molecule has 98 valence electrons. The van der Waals surface area contributed by atoms with Crippen LogP contribution in [0.25, 0.3) is 11.1 Å². The van der Waals surface area contributed by atoms with E-state index in [0.29, 0.717) is 0 Å². The number of hydrogen-bond donors (Lipinski definition) is 1. The van der Waals surface area contributed by atoms with Crippen molar-refractivity contribution in [3.63, 3.8) is 0 Å². The molecule has 3 aromatic carbocycles. The second kappa shape index (κ2) is 5.62. The van der Waals surface area contributed by atoms with Crippen molar-refractivity contribution in [2.45, 2.75) is 6.92 Å². The highest BCUT2D eigenvalue weighted by Gasteiger charge is 2.05. The van der Waals surface area contributed by atoms with Gasteiger partial charge in [0.1, 0.15) is 0 Å². The number of benzene rings is 3. The minimum absolute atomic E-state index is 1.11. The predicted octanol–water partition coefficient (Wildman–Crippen LogP) is 5.41. The van der Waals surface area contributed by atoms with E-state index < -0.39 is 0 Å². The first-order valence-electron chi connectivity index (χ1n) is 6.81. The zero-order chi connectivity index (χ0) is 13.8. The van der Waals surface area contributed by atoms with Crippen LogP contribution in [0.5, 0.6) is 0 Å². The van der Waals surface area contributed by atoms with Gasteiger partial charge in [-0.25, -0.2) is 0 Å². The first kappa shape index (κ1) is 12.5. The Balaban J connectivity index is 2.03. The van der Waals surface area contributed by atoms with Crippen LogP contribution in [0.3, 0.4) is 0 Å². The highest BCUT2D eigenvalue weighted by Crippen LogP contribution is 2.31. The monoisotopic (exact) mass is 259 g/mol. The lowest BCUT2D eigenvalue weighted by Crippen LogP contribution is -1.93. The minimum Gasteiger partial charge on any atom is -0.355 e. The third-order valence-electron chi connectivity index (χ3n) is 3.31. The van der Waals surface area contributed by atoms with Crippen LogP contribution in [0.15, 0.2) is 78.9 Å². The Morgan fingerprint density at radius 3 is 2.05 bits per heavy atom. The Kier molecular flexibility index (Phi) is 3.51. The van der Waals surface area contributed by atoms with Crippen LogP contribution in [-0.2, 0) is 0 Å². The summed E-state index contributed by atoms with van der Waals surface area (Å²) < 4.78 is 0. The number of para-hydroxylation sites is 1. The summed E-state index contributed by atoms with van der Waals surface area (Å²) in [5, 5.41) is 3.50. The average Bonchev–Trinajstić information content (AvgIpc) is 2.51. The summed E-state index contributed by atoms with van der Waals surface area (Å²) in [6.45, 7) is 2.12. The molecule has 0 saturated heterocycles. The van der Waals surface area contributed by atoms with E-state index in [-0.39, 0.29) is 0 Å². The molecule has 0 bridgehead atoms. The molecular weight excluding hydrogens is 242 g/mol. The largest absolute Gasteiger partial charge is 0.355 e. The van der Waals surface area contributed by atoms with Crippen molar-refractivity contribution in [1.29, 1.82) is 0 Å². The number of aryl methyl sites for hydroxylation is 1. The van der Waals surface area contributed by atoms with Gasteiger partial charge in [0.15, 0.2) is 0 Å². The molecule has 20 heavy (non-hydrogen) atoms. The third kappa shape index (κ3) is 2.72. The molecule has 0 heterocycles. The molecule has 1 nitrogen and oxygen atoms in total. The molecule has 0 aliphatic carbocycles. The normalized spacial score (nSPS) is 10.2. The van der Waals surface area contributed by atoms with Crippen molar-refractivity contribution in [2.75, 3.05) is 5.32 Å². The Morgan fingerprint density at radius 2 is 1.35 bits per heavy atom. The van der Waals surface area contributed by atoms with Crippen molar-refractivity contribution >= 4 is 11.4 Å². The highest BCUT2D eigenvalue weighted by molar-refractivity contribution is 5.81.